The van der Waals surface area contributed by atoms with Gasteiger partial charge < -0.3 is 0 Å². The van der Waals surface area contributed by atoms with Gasteiger partial charge >= 0.3 is 0 Å². The molecule has 2 nitrogen and oxygen atoms in total. The summed E-state index contributed by atoms with van der Waals surface area (Å²) in [6.45, 7) is 0. The van der Waals surface area contributed by atoms with Crippen LogP contribution in [0.5, 0.6) is 0 Å². The van der Waals surface area contributed by atoms with Gasteiger partial charge in [-0.05, 0) is 36.3 Å². The van der Waals surface area contributed by atoms with Crippen molar-refractivity contribution in [2.24, 2.45) is 5.84 Å². The minimum absolute atomic E-state index is 0.355. The molecule has 2 aromatic rings. The Balaban J connectivity index is 1.84. The Morgan fingerprint density at radius 2 is 1.94 bits per heavy atom. The van der Waals surface area contributed by atoms with Gasteiger partial charge in [-0.1, -0.05) is 36.4 Å². The highest BCUT2D eigenvalue weighted by atomic mass is 32.1. The number of rotatable bonds is 6. The summed E-state index contributed by atoms with van der Waals surface area (Å²) in [6, 6.07) is 15.2. The first-order valence-corrected chi connectivity index (χ1v) is 6.79. The van der Waals surface area contributed by atoms with Crippen LogP contribution in [0, 0.1) is 0 Å². The lowest BCUT2D eigenvalue weighted by molar-refractivity contribution is 0.494. The van der Waals surface area contributed by atoms with Crippen LogP contribution in [0.15, 0.2) is 47.8 Å². The summed E-state index contributed by atoms with van der Waals surface area (Å²) in [7, 11) is 0. The zero-order chi connectivity index (χ0) is 11.9. The standard InChI is InChI=1S/C14H18N2S/c15-16-13(11-14-7-4-10-17-14)9-8-12-5-2-1-3-6-12/h1-7,10,13,16H,8-9,11,15H2. The molecule has 0 spiro atoms. The number of aryl methyl sites for hydroxylation is 1. The van der Waals surface area contributed by atoms with E-state index in [4.69, 9.17) is 5.84 Å². The Bertz CT molecular complexity index is 411. The van der Waals surface area contributed by atoms with Crippen LogP contribution >= 0.6 is 11.3 Å². The van der Waals surface area contributed by atoms with Gasteiger partial charge in [-0.15, -0.1) is 11.3 Å². The molecule has 17 heavy (non-hydrogen) atoms. The van der Waals surface area contributed by atoms with Crippen LogP contribution in [0.2, 0.25) is 0 Å². The fraction of sp³-hybridized carbons (Fsp3) is 0.286. The van der Waals surface area contributed by atoms with Crippen LogP contribution in [0.25, 0.3) is 0 Å². The lowest BCUT2D eigenvalue weighted by Crippen LogP contribution is -2.36. The van der Waals surface area contributed by atoms with Crippen LogP contribution in [0.1, 0.15) is 16.9 Å². The summed E-state index contributed by atoms with van der Waals surface area (Å²) < 4.78 is 0. The van der Waals surface area contributed by atoms with Crippen LogP contribution in [-0.4, -0.2) is 6.04 Å². The second-order valence-corrected chi connectivity index (χ2v) is 5.20. The first kappa shape index (κ1) is 12.3. The van der Waals surface area contributed by atoms with Gasteiger partial charge in [-0.3, -0.25) is 11.3 Å². The highest BCUT2D eigenvalue weighted by Crippen LogP contribution is 2.14. The van der Waals surface area contributed by atoms with E-state index >= 15 is 0 Å². The molecule has 90 valence electrons. The van der Waals surface area contributed by atoms with E-state index in [1.54, 1.807) is 11.3 Å². The van der Waals surface area contributed by atoms with Gasteiger partial charge in [0.25, 0.3) is 0 Å². The fourth-order valence-corrected chi connectivity index (χ4v) is 2.69. The summed E-state index contributed by atoms with van der Waals surface area (Å²) in [6.07, 6.45) is 3.15. The van der Waals surface area contributed by atoms with E-state index in [0.29, 0.717) is 6.04 Å². The van der Waals surface area contributed by atoms with E-state index in [0.717, 1.165) is 19.3 Å². The van der Waals surface area contributed by atoms with Crippen molar-refractivity contribution in [3.05, 3.63) is 58.3 Å². The number of hydrogen-bond donors (Lipinski definition) is 2. The van der Waals surface area contributed by atoms with Crippen LogP contribution in [-0.2, 0) is 12.8 Å². The van der Waals surface area contributed by atoms with E-state index in [1.165, 1.54) is 10.4 Å². The molecular formula is C14H18N2S. The molecule has 0 saturated carbocycles. The predicted molar refractivity (Wildman–Crippen MR) is 73.9 cm³/mol. The summed E-state index contributed by atoms with van der Waals surface area (Å²) >= 11 is 1.79. The van der Waals surface area contributed by atoms with Crippen molar-refractivity contribution in [3.63, 3.8) is 0 Å². The third-order valence-electron chi connectivity index (χ3n) is 2.89. The van der Waals surface area contributed by atoms with Gasteiger partial charge in [0.2, 0.25) is 0 Å². The molecule has 1 aromatic heterocycles. The molecule has 0 amide bonds. The van der Waals surface area contributed by atoms with Crippen molar-refractivity contribution < 1.29 is 0 Å². The molecule has 0 aliphatic heterocycles. The molecule has 1 atom stereocenters. The highest BCUT2D eigenvalue weighted by molar-refractivity contribution is 7.09. The molecule has 0 fully saturated rings. The van der Waals surface area contributed by atoms with E-state index in [-0.39, 0.29) is 0 Å². The average Bonchev–Trinajstić information content (AvgIpc) is 2.88. The third-order valence-corrected chi connectivity index (χ3v) is 3.79. The minimum atomic E-state index is 0.355. The Morgan fingerprint density at radius 1 is 1.12 bits per heavy atom. The summed E-state index contributed by atoms with van der Waals surface area (Å²) in [5, 5.41) is 2.11. The monoisotopic (exact) mass is 246 g/mol. The van der Waals surface area contributed by atoms with Crippen molar-refractivity contribution in [3.8, 4) is 0 Å². The van der Waals surface area contributed by atoms with Gasteiger partial charge in [0.15, 0.2) is 0 Å². The molecule has 0 aliphatic carbocycles. The number of hydrogen-bond acceptors (Lipinski definition) is 3. The first-order valence-electron chi connectivity index (χ1n) is 5.91. The second kappa shape index (κ2) is 6.55. The van der Waals surface area contributed by atoms with Gasteiger partial charge in [-0.25, -0.2) is 0 Å². The molecule has 1 aromatic carbocycles. The second-order valence-electron chi connectivity index (χ2n) is 4.17. The SMILES string of the molecule is NNC(CCc1ccccc1)Cc1cccs1. The Morgan fingerprint density at radius 3 is 2.59 bits per heavy atom. The fourth-order valence-electron chi connectivity index (χ4n) is 1.90. The van der Waals surface area contributed by atoms with Crippen molar-refractivity contribution in [2.75, 3.05) is 0 Å². The van der Waals surface area contributed by atoms with Crippen LogP contribution < -0.4 is 11.3 Å². The normalized spacial score (nSPS) is 12.5. The van der Waals surface area contributed by atoms with E-state index < -0.39 is 0 Å². The maximum atomic E-state index is 5.61. The Hall–Kier alpha value is -1.16. The molecule has 1 heterocycles. The van der Waals surface area contributed by atoms with E-state index in [1.807, 2.05) is 6.07 Å². The molecule has 3 heteroatoms. The summed E-state index contributed by atoms with van der Waals surface area (Å²) in [5.74, 6) is 5.61. The molecular weight excluding hydrogens is 228 g/mol. The first-order chi connectivity index (χ1) is 8.38. The minimum Gasteiger partial charge on any atom is -0.271 e. The predicted octanol–water partition coefficient (Wildman–Crippen LogP) is 2.76. The van der Waals surface area contributed by atoms with Crippen molar-refractivity contribution in [1.82, 2.24) is 5.43 Å². The van der Waals surface area contributed by atoms with Gasteiger partial charge in [-0.2, -0.15) is 0 Å². The van der Waals surface area contributed by atoms with Crippen molar-refractivity contribution >= 4 is 11.3 Å². The summed E-state index contributed by atoms with van der Waals surface area (Å²) in [4.78, 5) is 1.39. The molecule has 3 N–H and O–H groups in total. The number of nitrogens with two attached hydrogens (primary N) is 1. The van der Waals surface area contributed by atoms with Crippen LogP contribution in [0.3, 0.4) is 0 Å². The molecule has 1 unspecified atom stereocenters. The summed E-state index contributed by atoms with van der Waals surface area (Å²) in [5.41, 5.74) is 4.29. The average molecular weight is 246 g/mol. The van der Waals surface area contributed by atoms with Gasteiger partial charge in [0.1, 0.15) is 0 Å². The number of thiophene rings is 1. The molecule has 0 bridgehead atoms. The molecule has 0 saturated heterocycles. The number of benzene rings is 1. The maximum Gasteiger partial charge on any atom is 0.0261 e. The van der Waals surface area contributed by atoms with Gasteiger partial charge in [0.05, 0.1) is 0 Å². The van der Waals surface area contributed by atoms with Crippen molar-refractivity contribution in [1.29, 1.82) is 0 Å². The lowest BCUT2D eigenvalue weighted by Gasteiger charge is -2.14. The van der Waals surface area contributed by atoms with E-state index in [9.17, 15) is 0 Å². The lowest BCUT2D eigenvalue weighted by atomic mass is 10.0. The van der Waals surface area contributed by atoms with Gasteiger partial charge in [0, 0.05) is 10.9 Å². The van der Waals surface area contributed by atoms with Crippen molar-refractivity contribution in [2.45, 2.75) is 25.3 Å². The molecule has 2 rings (SSSR count). The zero-order valence-electron chi connectivity index (χ0n) is 9.80. The Kier molecular flexibility index (Phi) is 4.74. The number of nitrogens with one attached hydrogen (secondary N) is 1. The highest BCUT2D eigenvalue weighted by Gasteiger charge is 2.08. The zero-order valence-corrected chi connectivity index (χ0v) is 10.6. The smallest absolute Gasteiger partial charge is 0.0261 e. The third kappa shape index (κ3) is 3.97. The number of hydrazine groups is 1. The molecule has 0 aliphatic rings. The Labute approximate surface area is 106 Å². The quantitative estimate of drug-likeness (QED) is 0.607. The van der Waals surface area contributed by atoms with Crippen LogP contribution in [0.4, 0.5) is 0 Å². The van der Waals surface area contributed by atoms with E-state index in [2.05, 4.69) is 47.2 Å². The topological polar surface area (TPSA) is 38.0 Å². The largest absolute Gasteiger partial charge is 0.271 e. The molecule has 0 radical (unpaired) electrons. The maximum absolute atomic E-state index is 5.61.